The summed E-state index contributed by atoms with van der Waals surface area (Å²) in [4.78, 5) is 79.3. The van der Waals surface area contributed by atoms with Gasteiger partial charge in [-0.05, 0) is 52.9 Å². The molecule has 0 aliphatic carbocycles. The van der Waals surface area contributed by atoms with Crippen LogP contribution < -0.4 is 21.3 Å². The zero-order chi connectivity index (χ0) is 45.8. The summed E-state index contributed by atoms with van der Waals surface area (Å²) >= 11 is 0. The topological polar surface area (TPSA) is 245 Å². The van der Waals surface area contributed by atoms with Crippen molar-refractivity contribution in [2.45, 2.75) is 162 Å². The van der Waals surface area contributed by atoms with Gasteiger partial charge in [0.05, 0.1) is 33.0 Å². The molecule has 0 aliphatic rings. The van der Waals surface area contributed by atoms with Crippen molar-refractivity contribution in [1.29, 1.82) is 0 Å². The zero-order valence-corrected chi connectivity index (χ0v) is 38.0. The standard InChI is InChI=1S/C25H46N2O6.C19H36N2O7/c1-2-26-22(28)20-19-21(25(32)33)27-23(29)17-15-13-11-9-7-5-3-4-6-8-10-12-14-16-18-24(30)31;1-4-25-10-12-27-15-19(24)21-8-9-26-11-13-28-14-18(23)20-7-5-6-16(2)17(3)22/h21H,2-20H2,1H3,(H,26,28)(H,27,29)(H,30,31)(H,32,33);16H,4-15H2,1-3H3,(H,20,23)(H,21,24)/t21-;16-/m00/s1. The van der Waals surface area contributed by atoms with Crippen molar-refractivity contribution in [2.24, 2.45) is 5.92 Å². The molecule has 0 heterocycles. The van der Waals surface area contributed by atoms with Gasteiger partial charge >= 0.3 is 11.9 Å². The molecule has 356 valence electrons. The number of aliphatic carboxylic acids is 2. The highest BCUT2D eigenvalue weighted by Crippen LogP contribution is 2.14. The summed E-state index contributed by atoms with van der Waals surface area (Å²) in [5.41, 5.74) is 0. The van der Waals surface area contributed by atoms with Crippen LogP contribution in [0.4, 0.5) is 0 Å². The molecule has 0 aromatic heterocycles. The molecule has 0 saturated heterocycles. The van der Waals surface area contributed by atoms with E-state index < -0.39 is 18.0 Å². The summed E-state index contributed by atoms with van der Waals surface area (Å²) in [7, 11) is 0. The Morgan fingerprint density at radius 3 is 1.44 bits per heavy atom. The lowest BCUT2D eigenvalue weighted by atomic mass is 10.0. The van der Waals surface area contributed by atoms with Crippen molar-refractivity contribution < 1.29 is 62.7 Å². The first-order valence-electron chi connectivity index (χ1n) is 22.7. The summed E-state index contributed by atoms with van der Waals surface area (Å²) in [5.74, 6) is -2.47. The molecule has 0 spiro atoms. The minimum atomic E-state index is -1.11. The number of carboxylic acid groups (broad SMARTS) is 2. The normalized spacial score (nSPS) is 11.7. The summed E-state index contributed by atoms with van der Waals surface area (Å²) in [5, 5.41) is 28.4. The second kappa shape index (κ2) is 44.4. The van der Waals surface area contributed by atoms with E-state index >= 15 is 0 Å². The van der Waals surface area contributed by atoms with Crippen LogP contribution in [0.25, 0.3) is 0 Å². The first-order valence-corrected chi connectivity index (χ1v) is 22.7. The van der Waals surface area contributed by atoms with E-state index in [1.165, 1.54) is 44.9 Å². The third kappa shape index (κ3) is 45.7. The fourth-order valence-electron chi connectivity index (χ4n) is 5.78. The second-order valence-corrected chi connectivity index (χ2v) is 15.1. The molecule has 61 heavy (non-hydrogen) atoms. The van der Waals surface area contributed by atoms with E-state index in [-0.39, 0.29) is 61.4 Å². The Bertz CT molecular complexity index is 1160. The number of carboxylic acids is 2. The smallest absolute Gasteiger partial charge is 0.326 e. The van der Waals surface area contributed by atoms with Crippen LogP contribution in [0.1, 0.15) is 156 Å². The molecule has 0 unspecified atom stereocenters. The van der Waals surface area contributed by atoms with Crippen molar-refractivity contribution in [3.8, 4) is 0 Å². The van der Waals surface area contributed by atoms with Crippen molar-refractivity contribution >= 4 is 41.4 Å². The Balaban J connectivity index is 0. The highest BCUT2D eigenvalue weighted by atomic mass is 16.5. The minimum Gasteiger partial charge on any atom is -0.481 e. The first kappa shape index (κ1) is 59.4. The molecule has 2 atom stereocenters. The molecule has 0 radical (unpaired) electrons. The van der Waals surface area contributed by atoms with Crippen molar-refractivity contribution in [2.75, 3.05) is 72.5 Å². The summed E-state index contributed by atoms with van der Waals surface area (Å²) < 4.78 is 20.7. The van der Waals surface area contributed by atoms with E-state index in [2.05, 4.69) is 21.3 Å². The fraction of sp³-hybridized carbons (Fsp3) is 0.841. The summed E-state index contributed by atoms with van der Waals surface area (Å²) in [6, 6.07) is -1.02. The Kier molecular flexibility index (Phi) is 43.2. The van der Waals surface area contributed by atoms with E-state index in [9.17, 15) is 38.7 Å². The molecule has 6 N–H and O–H groups in total. The molecule has 0 saturated carbocycles. The van der Waals surface area contributed by atoms with Crippen molar-refractivity contribution in [3.63, 3.8) is 0 Å². The number of carbonyl (C=O) groups excluding carboxylic acids is 5. The average Bonchev–Trinajstić information content (AvgIpc) is 3.21. The lowest BCUT2D eigenvalue weighted by Crippen LogP contribution is -2.41. The van der Waals surface area contributed by atoms with Gasteiger partial charge in [0.2, 0.25) is 23.6 Å². The van der Waals surface area contributed by atoms with Gasteiger partial charge in [-0.25, -0.2) is 4.79 Å². The highest BCUT2D eigenvalue weighted by molar-refractivity contribution is 5.84. The quantitative estimate of drug-likeness (QED) is 0.0438. The van der Waals surface area contributed by atoms with Crippen LogP contribution in [-0.2, 0) is 52.5 Å². The molecule has 0 aromatic carbocycles. The number of carbonyl (C=O) groups is 7. The Hall–Kier alpha value is -3.67. The van der Waals surface area contributed by atoms with Crippen LogP contribution in [0.5, 0.6) is 0 Å². The van der Waals surface area contributed by atoms with E-state index in [1.807, 2.05) is 13.8 Å². The largest absolute Gasteiger partial charge is 0.481 e. The Morgan fingerprint density at radius 1 is 0.492 bits per heavy atom. The number of hydrogen-bond acceptors (Lipinski definition) is 11. The number of unbranched alkanes of at least 4 members (excludes halogenated alkanes) is 13. The van der Waals surface area contributed by atoms with Crippen molar-refractivity contribution in [3.05, 3.63) is 0 Å². The molecule has 0 rings (SSSR count). The number of ether oxygens (including phenoxy) is 4. The van der Waals surface area contributed by atoms with Gasteiger partial charge in [0.1, 0.15) is 25.0 Å². The van der Waals surface area contributed by atoms with Crippen LogP contribution in [0.2, 0.25) is 0 Å². The fourth-order valence-corrected chi connectivity index (χ4v) is 5.78. The van der Waals surface area contributed by atoms with E-state index in [0.29, 0.717) is 72.1 Å². The molecule has 17 heteroatoms. The maximum Gasteiger partial charge on any atom is 0.326 e. The zero-order valence-electron chi connectivity index (χ0n) is 38.0. The second-order valence-electron chi connectivity index (χ2n) is 15.1. The molecule has 0 aromatic rings. The maximum absolute atomic E-state index is 12.0. The maximum atomic E-state index is 12.0. The molecule has 0 fully saturated rings. The SMILES string of the molecule is CCNC(=O)CC[C@H](NC(=O)CCCCCCCCCCCCCCCCC(=O)O)C(=O)O.CCOCCOCC(=O)NCCOCCOCC(=O)NCCC[C@H](C)C(C)=O. The highest BCUT2D eigenvalue weighted by Gasteiger charge is 2.20. The van der Waals surface area contributed by atoms with Crippen LogP contribution in [-0.4, -0.2) is 130 Å². The monoisotopic (exact) mass is 875 g/mol. The predicted octanol–water partition coefficient (Wildman–Crippen LogP) is 5.11. The molecule has 4 amide bonds. The number of hydrogen-bond donors (Lipinski definition) is 6. The lowest BCUT2D eigenvalue weighted by molar-refractivity contribution is -0.142. The summed E-state index contributed by atoms with van der Waals surface area (Å²) in [6.07, 6.45) is 17.9. The molecular weight excluding hydrogens is 792 g/mol. The minimum absolute atomic E-state index is 0.00103. The van der Waals surface area contributed by atoms with E-state index in [1.54, 1.807) is 13.8 Å². The Morgan fingerprint density at radius 2 is 0.967 bits per heavy atom. The van der Waals surface area contributed by atoms with E-state index in [0.717, 1.165) is 57.8 Å². The Labute approximate surface area is 365 Å². The third-order valence-corrected chi connectivity index (χ3v) is 9.52. The number of Topliss-reactive ketones (excluding diaryl/α,β-unsaturated/α-hetero) is 1. The van der Waals surface area contributed by atoms with Gasteiger partial charge < -0.3 is 50.4 Å². The van der Waals surface area contributed by atoms with Crippen LogP contribution in [0.15, 0.2) is 0 Å². The molecule has 0 aliphatic heterocycles. The van der Waals surface area contributed by atoms with Crippen molar-refractivity contribution in [1.82, 2.24) is 21.3 Å². The van der Waals surface area contributed by atoms with E-state index in [4.69, 9.17) is 24.1 Å². The predicted molar refractivity (Wildman–Crippen MR) is 233 cm³/mol. The lowest BCUT2D eigenvalue weighted by Gasteiger charge is -2.14. The number of nitrogens with one attached hydrogen (secondary N) is 4. The van der Waals surface area contributed by atoms with Crippen LogP contribution in [0.3, 0.4) is 0 Å². The third-order valence-electron chi connectivity index (χ3n) is 9.52. The molecule has 17 nitrogen and oxygen atoms in total. The number of amides is 4. The average molecular weight is 875 g/mol. The van der Waals surface area contributed by atoms with Gasteiger partial charge in [0, 0.05) is 51.4 Å². The van der Waals surface area contributed by atoms with Crippen LogP contribution in [0, 0.1) is 5.92 Å². The number of ketones is 1. The van der Waals surface area contributed by atoms with Gasteiger partial charge in [-0.15, -0.1) is 0 Å². The summed E-state index contributed by atoms with van der Waals surface area (Å²) in [6.45, 7) is 11.0. The van der Waals surface area contributed by atoms with Gasteiger partial charge in [-0.1, -0.05) is 84.0 Å². The van der Waals surface area contributed by atoms with Gasteiger partial charge in [0.15, 0.2) is 0 Å². The van der Waals surface area contributed by atoms with Gasteiger partial charge in [-0.2, -0.15) is 0 Å². The molecular formula is C44H82N4O13. The van der Waals surface area contributed by atoms with Gasteiger partial charge in [-0.3, -0.25) is 28.8 Å². The van der Waals surface area contributed by atoms with Gasteiger partial charge in [0.25, 0.3) is 0 Å². The first-order chi connectivity index (χ1) is 29.3. The number of rotatable bonds is 42. The molecule has 0 bridgehead atoms. The van der Waals surface area contributed by atoms with Crippen LogP contribution >= 0.6 is 0 Å².